The minimum absolute atomic E-state index is 0.0403. The Kier molecular flexibility index (Phi) is 6.29. The number of rotatable bonds is 5. The number of benzene rings is 2. The molecule has 3 aromatic rings. The number of nitrogens with two attached hydrogens (primary N) is 1. The van der Waals surface area contributed by atoms with E-state index in [0.717, 1.165) is 5.69 Å². The van der Waals surface area contributed by atoms with Gasteiger partial charge in [0.15, 0.2) is 0 Å². The Hall–Kier alpha value is -3.67. The van der Waals surface area contributed by atoms with Gasteiger partial charge in [-0.25, -0.2) is 4.39 Å². The fourth-order valence-electron chi connectivity index (χ4n) is 4.44. The molecule has 0 unspecified atom stereocenters. The van der Waals surface area contributed by atoms with E-state index < -0.39 is 17.6 Å². The summed E-state index contributed by atoms with van der Waals surface area (Å²) in [5, 5.41) is 11.7. The van der Waals surface area contributed by atoms with E-state index in [4.69, 9.17) is 10.5 Å². The Morgan fingerprint density at radius 2 is 1.89 bits per heavy atom. The highest BCUT2D eigenvalue weighted by molar-refractivity contribution is 5.93. The number of hydrogen-bond donors (Lipinski definition) is 2. The molecule has 190 valence electrons. The molecule has 0 radical (unpaired) electrons. The summed E-state index contributed by atoms with van der Waals surface area (Å²) < 4.78 is 59.2. The van der Waals surface area contributed by atoms with E-state index in [2.05, 4.69) is 20.4 Å². The summed E-state index contributed by atoms with van der Waals surface area (Å²) in [4.78, 5) is 16.5. The lowest BCUT2D eigenvalue weighted by Gasteiger charge is -2.39. The van der Waals surface area contributed by atoms with Crippen LogP contribution >= 0.6 is 0 Å². The Bertz CT molecular complexity index is 1290. The zero-order valence-electron chi connectivity index (χ0n) is 19.2. The second kappa shape index (κ2) is 9.41. The molecule has 3 heterocycles. The average Bonchev–Trinajstić information content (AvgIpc) is 2.82. The van der Waals surface area contributed by atoms with Crippen molar-refractivity contribution in [3.63, 3.8) is 0 Å². The second-order valence-corrected chi connectivity index (χ2v) is 8.90. The highest BCUT2D eigenvalue weighted by Gasteiger charge is 2.35. The van der Waals surface area contributed by atoms with Gasteiger partial charge in [0.2, 0.25) is 5.91 Å². The average molecular weight is 504 g/mol. The molecule has 1 aromatic heterocycles. The number of hydrogen-bond acceptors (Lipinski definition) is 7. The normalized spacial score (nSPS) is 16.8. The van der Waals surface area contributed by atoms with Crippen molar-refractivity contribution in [3.8, 4) is 0 Å². The summed E-state index contributed by atoms with van der Waals surface area (Å²) >= 11 is 0. The van der Waals surface area contributed by atoms with Crippen molar-refractivity contribution in [2.45, 2.75) is 12.7 Å². The number of ether oxygens (including phenoxy) is 1. The van der Waals surface area contributed by atoms with Crippen molar-refractivity contribution < 1.29 is 27.1 Å². The minimum Gasteiger partial charge on any atom is -0.399 e. The first-order chi connectivity index (χ1) is 17.2. The minimum atomic E-state index is -4.85. The third-order valence-corrected chi connectivity index (χ3v) is 6.51. The fraction of sp³-hybridized carbons (Fsp3) is 0.375. The number of anilines is 3. The molecule has 0 saturated carbocycles. The lowest BCUT2D eigenvalue weighted by atomic mass is 10.1. The van der Waals surface area contributed by atoms with Gasteiger partial charge < -0.3 is 25.6 Å². The zero-order valence-corrected chi connectivity index (χ0v) is 19.2. The molecular formula is C24H24F4N6O2. The largest absolute Gasteiger partial charge is 0.419 e. The monoisotopic (exact) mass is 504 g/mol. The number of fused-ring (bicyclic) bond motifs is 1. The van der Waals surface area contributed by atoms with E-state index in [1.807, 2.05) is 17.0 Å². The number of carbonyl (C=O) groups is 1. The lowest BCUT2D eigenvalue weighted by molar-refractivity contribution is -0.150. The molecule has 1 amide bonds. The van der Waals surface area contributed by atoms with Crippen LogP contribution in [-0.2, 0) is 22.3 Å². The third-order valence-electron chi connectivity index (χ3n) is 6.51. The van der Waals surface area contributed by atoms with E-state index in [9.17, 15) is 22.4 Å². The maximum absolute atomic E-state index is 14.6. The first kappa shape index (κ1) is 24.0. The van der Waals surface area contributed by atoms with Crippen LogP contribution in [0, 0.1) is 11.7 Å². The molecule has 36 heavy (non-hydrogen) atoms. The number of alkyl halides is 3. The lowest BCUT2D eigenvalue weighted by Crippen LogP contribution is -2.53. The van der Waals surface area contributed by atoms with Crippen LogP contribution in [0.4, 0.5) is 34.6 Å². The first-order valence-corrected chi connectivity index (χ1v) is 11.5. The van der Waals surface area contributed by atoms with Gasteiger partial charge in [-0.2, -0.15) is 23.4 Å². The number of nitrogens with zero attached hydrogens (tertiary/aromatic N) is 4. The fourth-order valence-corrected chi connectivity index (χ4v) is 4.44. The van der Waals surface area contributed by atoms with E-state index in [1.54, 1.807) is 6.07 Å². The number of piperazine rings is 1. The highest BCUT2D eigenvalue weighted by Crippen LogP contribution is 2.35. The van der Waals surface area contributed by atoms with Crippen LogP contribution in [0.3, 0.4) is 0 Å². The molecule has 0 aliphatic carbocycles. The summed E-state index contributed by atoms with van der Waals surface area (Å²) in [6.45, 7) is 3.25. The topological polar surface area (TPSA) is 96.6 Å². The molecule has 2 saturated heterocycles. The second-order valence-electron chi connectivity index (χ2n) is 8.90. The van der Waals surface area contributed by atoms with E-state index in [-0.39, 0.29) is 29.6 Å². The molecule has 0 spiro atoms. The maximum atomic E-state index is 14.6. The Balaban J connectivity index is 1.33. The molecule has 2 aliphatic heterocycles. The standard InChI is InChI=1S/C24H24F4N6O2/c25-22-14(7-16(29)8-19(22)24(26,27)28)10-30-21-11-31-32-20-2-1-17(9-18(20)21)33-3-5-34(6-4-33)23(35)15-12-36-13-15/h1-2,7-9,11,15H,3-6,10,12-13,29H2,(H,30,32). The van der Waals surface area contributed by atoms with Crippen molar-refractivity contribution in [1.29, 1.82) is 0 Å². The van der Waals surface area contributed by atoms with Gasteiger partial charge in [-0.3, -0.25) is 4.79 Å². The van der Waals surface area contributed by atoms with E-state index in [1.165, 1.54) is 12.3 Å². The molecule has 2 aliphatic rings. The first-order valence-electron chi connectivity index (χ1n) is 11.5. The van der Waals surface area contributed by atoms with E-state index in [0.29, 0.717) is 62.0 Å². The maximum Gasteiger partial charge on any atom is 0.419 e. The Morgan fingerprint density at radius 3 is 2.56 bits per heavy atom. The van der Waals surface area contributed by atoms with Crippen LogP contribution in [0.2, 0.25) is 0 Å². The number of halogens is 4. The van der Waals surface area contributed by atoms with Gasteiger partial charge in [0.25, 0.3) is 0 Å². The number of nitrogen functional groups attached to an aromatic ring is 1. The van der Waals surface area contributed by atoms with Crippen molar-refractivity contribution in [1.82, 2.24) is 15.1 Å². The predicted molar refractivity (Wildman–Crippen MR) is 126 cm³/mol. The molecular weight excluding hydrogens is 480 g/mol. The van der Waals surface area contributed by atoms with Gasteiger partial charge in [0.1, 0.15) is 5.82 Å². The van der Waals surface area contributed by atoms with Crippen molar-refractivity contribution >= 4 is 33.9 Å². The molecule has 0 bridgehead atoms. The molecule has 5 rings (SSSR count). The molecule has 0 atom stereocenters. The summed E-state index contributed by atoms with van der Waals surface area (Å²) in [6, 6.07) is 7.37. The molecule has 12 heteroatoms. The quantitative estimate of drug-likeness (QED) is 0.407. The summed E-state index contributed by atoms with van der Waals surface area (Å²) in [5.41, 5.74) is 5.78. The van der Waals surface area contributed by atoms with Crippen LogP contribution in [0.1, 0.15) is 11.1 Å². The van der Waals surface area contributed by atoms with Crippen LogP contribution in [0.15, 0.2) is 36.5 Å². The SMILES string of the molecule is Nc1cc(CNc2cnnc3ccc(N4CCN(C(=O)C5COC5)CC4)cc23)c(F)c(C(F)(F)F)c1. The van der Waals surface area contributed by atoms with Gasteiger partial charge >= 0.3 is 6.18 Å². The molecule has 2 aromatic carbocycles. The Morgan fingerprint density at radius 1 is 1.14 bits per heavy atom. The highest BCUT2D eigenvalue weighted by atomic mass is 19.4. The van der Waals surface area contributed by atoms with Crippen LogP contribution < -0.4 is 16.0 Å². The van der Waals surface area contributed by atoms with Gasteiger partial charge in [-0.1, -0.05) is 0 Å². The molecule has 3 N–H and O–H groups in total. The molecule has 2 fully saturated rings. The predicted octanol–water partition coefficient (Wildman–Crippen LogP) is 3.28. The molecule has 8 nitrogen and oxygen atoms in total. The smallest absolute Gasteiger partial charge is 0.399 e. The summed E-state index contributed by atoms with van der Waals surface area (Å²) in [6.07, 6.45) is -3.41. The van der Waals surface area contributed by atoms with Crippen LogP contribution in [0.25, 0.3) is 10.9 Å². The third kappa shape index (κ3) is 4.72. The summed E-state index contributed by atoms with van der Waals surface area (Å²) in [7, 11) is 0. The number of aromatic nitrogens is 2. The van der Waals surface area contributed by atoms with Gasteiger partial charge in [-0.05, 0) is 30.3 Å². The van der Waals surface area contributed by atoms with Crippen LogP contribution in [0.5, 0.6) is 0 Å². The zero-order chi connectivity index (χ0) is 25.4. The van der Waals surface area contributed by atoms with Crippen molar-refractivity contribution in [3.05, 3.63) is 53.5 Å². The van der Waals surface area contributed by atoms with Gasteiger partial charge in [0.05, 0.1) is 42.1 Å². The van der Waals surface area contributed by atoms with Crippen molar-refractivity contribution in [2.75, 3.05) is 55.3 Å². The number of carbonyl (C=O) groups excluding carboxylic acids is 1. The van der Waals surface area contributed by atoms with Gasteiger partial charge in [0, 0.05) is 55.0 Å². The van der Waals surface area contributed by atoms with Gasteiger partial charge in [-0.15, -0.1) is 0 Å². The van der Waals surface area contributed by atoms with Crippen molar-refractivity contribution in [2.24, 2.45) is 5.92 Å². The summed E-state index contributed by atoms with van der Waals surface area (Å²) in [5.74, 6) is -1.28. The number of amides is 1. The van der Waals surface area contributed by atoms with E-state index >= 15 is 0 Å². The van der Waals surface area contributed by atoms with Crippen LogP contribution in [-0.4, -0.2) is 60.4 Å². The Labute approximate surface area is 204 Å². The number of nitrogens with one attached hydrogen (secondary N) is 1.